The zero-order valence-electron chi connectivity index (χ0n) is 15.2. The van der Waals surface area contributed by atoms with Crippen LogP contribution in [0.4, 0.5) is 5.69 Å². The van der Waals surface area contributed by atoms with Crippen LogP contribution in [0.3, 0.4) is 0 Å². The zero-order chi connectivity index (χ0) is 21.3. The second kappa shape index (κ2) is 8.56. The Labute approximate surface area is 179 Å². The zero-order valence-corrected chi connectivity index (χ0v) is 17.6. The monoisotopic (exact) mass is 452 g/mol. The molecule has 0 aromatic heterocycles. The van der Waals surface area contributed by atoms with Gasteiger partial charge in [0.2, 0.25) is 0 Å². The Morgan fingerprint density at radius 3 is 2.52 bits per heavy atom. The van der Waals surface area contributed by atoms with Crippen molar-refractivity contribution in [3.8, 4) is 0 Å². The van der Waals surface area contributed by atoms with Crippen LogP contribution in [-0.2, 0) is 19.2 Å². The topological polar surface area (TPSA) is 115 Å². The van der Waals surface area contributed by atoms with Crippen molar-refractivity contribution in [1.82, 2.24) is 4.90 Å². The molecule has 0 saturated carbocycles. The molecule has 152 valence electrons. The molecule has 1 fully saturated rings. The van der Waals surface area contributed by atoms with Crippen LogP contribution in [0.2, 0.25) is 0 Å². The van der Waals surface area contributed by atoms with Crippen molar-refractivity contribution in [1.29, 1.82) is 0 Å². The number of amides is 2. The Bertz CT molecular complexity index is 961. The average molecular weight is 453 g/mol. The van der Waals surface area contributed by atoms with Crippen molar-refractivity contribution in [3.63, 3.8) is 0 Å². The molecule has 29 heavy (non-hydrogen) atoms. The Hall–Kier alpha value is -2.37. The number of rotatable bonds is 7. The number of aliphatic carboxylic acids is 2. The van der Waals surface area contributed by atoms with E-state index in [-0.39, 0.29) is 21.2 Å². The number of para-hydroxylation sites is 1. The SMILES string of the molecule is CSCC[C@H](C(=O)O)N1C(=O)/C(=C2\C(=O)N(CC(=O)O)c3ccccc32)SC1=S. The number of carboxylic acid groups (broad SMARTS) is 2. The second-order valence-electron chi connectivity index (χ2n) is 6.18. The fourth-order valence-electron chi connectivity index (χ4n) is 3.18. The lowest BCUT2D eigenvalue weighted by Gasteiger charge is -2.22. The van der Waals surface area contributed by atoms with Gasteiger partial charge in [-0.25, -0.2) is 4.79 Å². The van der Waals surface area contributed by atoms with Gasteiger partial charge in [0.05, 0.1) is 16.2 Å². The fourth-order valence-corrected chi connectivity index (χ4v) is 5.07. The minimum absolute atomic E-state index is 0.0238. The summed E-state index contributed by atoms with van der Waals surface area (Å²) in [7, 11) is 0. The number of anilines is 1. The molecule has 0 aliphatic carbocycles. The van der Waals surface area contributed by atoms with Gasteiger partial charge in [-0.15, -0.1) is 0 Å². The number of carbonyl (C=O) groups excluding carboxylic acids is 2. The minimum atomic E-state index is -1.19. The fraction of sp³-hybridized carbons (Fsp3) is 0.278. The molecule has 1 atom stereocenters. The second-order valence-corrected chi connectivity index (χ2v) is 8.81. The lowest BCUT2D eigenvalue weighted by atomic mass is 10.1. The number of carboxylic acids is 2. The number of nitrogens with zero attached hydrogens (tertiary/aromatic N) is 2. The van der Waals surface area contributed by atoms with Gasteiger partial charge in [0.1, 0.15) is 16.9 Å². The molecule has 2 amide bonds. The third-order valence-electron chi connectivity index (χ3n) is 4.43. The van der Waals surface area contributed by atoms with E-state index in [2.05, 4.69) is 0 Å². The highest BCUT2D eigenvalue weighted by atomic mass is 32.2. The van der Waals surface area contributed by atoms with Crippen molar-refractivity contribution in [2.45, 2.75) is 12.5 Å². The van der Waals surface area contributed by atoms with E-state index in [9.17, 15) is 24.3 Å². The molecule has 11 heteroatoms. The predicted molar refractivity (Wildman–Crippen MR) is 115 cm³/mol. The summed E-state index contributed by atoms with van der Waals surface area (Å²) in [6.45, 7) is -0.550. The maximum absolute atomic E-state index is 13.1. The van der Waals surface area contributed by atoms with Crippen molar-refractivity contribution >= 4 is 75.1 Å². The standard InChI is InChI=1S/C18H16N2O6S3/c1-28-7-6-11(17(25)26)20-16(24)14(29-18(20)27)13-9-4-2-3-5-10(9)19(15(13)23)8-12(21)22/h2-5,11H,6-8H2,1H3,(H,21,22)(H,25,26)/b14-13+/t11-/m1/s1. The molecule has 2 N–H and O–H groups in total. The summed E-state index contributed by atoms with van der Waals surface area (Å²) < 4.78 is 0.0629. The van der Waals surface area contributed by atoms with Crippen molar-refractivity contribution in [2.75, 3.05) is 23.5 Å². The van der Waals surface area contributed by atoms with Gasteiger partial charge in [-0.3, -0.25) is 24.2 Å². The van der Waals surface area contributed by atoms with E-state index in [1.54, 1.807) is 24.3 Å². The summed E-state index contributed by atoms with van der Waals surface area (Å²) in [6.07, 6.45) is 2.04. The summed E-state index contributed by atoms with van der Waals surface area (Å²) in [6, 6.07) is 5.44. The van der Waals surface area contributed by atoms with Gasteiger partial charge in [-0.2, -0.15) is 11.8 Å². The number of carbonyl (C=O) groups is 4. The largest absolute Gasteiger partial charge is 0.480 e. The van der Waals surface area contributed by atoms with E-state index in [1.807, 2.05) is 6.26 Å². The highest BCUT2D eigenvalue weighted by Gasteiger charge is 2.45. The first kappa shape index (κ1) is 21.3. The highest BCUT2D eigenvalue weighted by molar-refractivity contribution is 8.26. The lowest BCUT2D eigenvalue weighted by Crippen LogP contribution is -2.44. The molecular formula is C18H16N2O6S3. The number of thiocarbonyl (C=S) groups is 1. The number of benzene rings is 1. The smallest absolute Gasteiger partial charge is 0.326 e. The molecule has 0 spiro atoms. The van der Waals surface area contributed by atoms with Crippen molar-refractivity contribution < 1.29 is 29.4 Å². The van der Waals surface area contributed by atoms with Gasteiger partial charge in [0.25, 0.3) is 11.8 Å². The van der Waals surface area contributed by atoms with Crippen LogP contribution in [0.25, 0.3) is 5.57 Å². The van der Waals surface area contributed by atoms with Gasteiger partial charge in [0.15, 0.2) is 0 Å². The molecule has 1 aromatic rings. The number of thioether (sulfide) groups is 2. The lowest BCUT2D eigenvalue weighted by molar-refractivity contribution is -0.145. The molecule has 0 bridgehead atoms. The maximum Gasteiger partial charge on any atom is 0.326 e. The third kappa shape index (κ3) is 3.89. The van der Waals surface area contributed by atoms with Crippen LogP contribution in [0, 0.1) is 0 Å². The molecule has 1 saturated heterocycles. The van der Waals surface area contributed by atoms with Crippen LogP contribution in [0.5, 0.6) is 0 Å². The van der Waals surface area contributed by atoms with Gasteiger partial charge < -0.3 is 10.2 Å². The Kier molecular flexibility index (Phi) is 6.30. The van der Waals surface area contributed by atoms with Crippen LogP contribution < -0.4 is 4.90 Å². The van der Waals surface area contributed by atoms with E-state index >= 15 is 0 Å². The predicted octanol–water partition coefficient (Wildman–Crippen LogP) is 1.90. The van der Waals surface area contributed by atoms with E-state index in [1.165, 1.54) is 11.8 Å². The molecule has 2 aliphatic heterocycles. The molecular weight excluding hydrogens is 436 g/mol. The molecule has 0 radical (unpaired) electrons. The van der Waals surface area contributed by atoms with Crippen LogP contribution in [0.1, 0.15) is 12.0 Å². The van der Waals surface area contributed by atoms with Gasteiger partial charge in [0, 0.05) is 5.56 Å². The van der Waals surface area contributed by atoms with Crippen molar-refractivity contribution in [2.24, 2.45) is 0 Å². The first-order valence-electron chi connectivity index (χ1n) is 8.42. The minimum Gasteiger partial charge on any atom is -0.480 e. The first-order valence-corrected chi connectivity index (χ1v) is 11.0. The van der Waals surface area contributed by atoms with Gasteiger partial charge >= 0.3 is 11.9 Å². The molecule has 1 aromatic carbocycles. The van der Waals surface area contributed by atoms with Crippen LogP contribution >= 0.6 is 35.7 Å². The summed E-state index contributed by atoms with van der Waals surface area (Å²) in [5.74, 6) is -3.11. The molecule has 2 heterocycles. The third-order valence-corrected chi connectivity index (χ3v) is 6.48. The quantitative estimate of drug-likeness (QED) is 0.473. The Morgan fingerprint density at radius 1 is 1.21 bits per heavy atom. The van der Waals surface area contributed by atoms with Gasteiger partial charge in [-0.05, 0) is 24.5 Å². The number of hydrogen-bond donors (Lipinski definition) is 2. The Balaban J connectivity index is 2.06. The summed E-state index contributed by atoms with van der Waals surface area (Å²) in [5, 5.41) is 18.7. The van der Waals surface area contributed by atoms with E-state index in [0.717, 1.165) is 21.6 Å². The van der Waals surface area contributed by atoms with E-state index < -0.39 is 36.3 Å². The van der Waals surface area contributed by atoms with E-state index in [0.29, 0.717) is 17.0 Å². The summed E-state index contributed by atoms with van der Waals surface area (Å²) in [5.41, 5.74) is 0.864. The molecule has 2 aliphatic rings. The first-order chi connectivity index (χ1) is 13.8. The van der Waals surface area contributed by atoms with Gasteiger partial charge in [-0.1, -0.05) is 42.2 Å². The Morgan fingerprint density at radius 2 is 1.90 bits per heavy atom. The summed E-state index contributed by atoms with van der Waals surface area (Å²) >= 11 is 7.58. The maximum atomic E-state index is 13.1. The molecule has 8 nitrogen and oxygen atoms in total. The van der Waals surface area contributed by atoms with Crippen LogP contribution in [0.15, 0.2) is 29.2 Å². The van der Waals surface area contributed by atoms with Crippen LogP contribution in [-0.4, -0.2) is 67.8 Å². The average Bonchev–Trinajstić information content (AvgIpc) is 3.09. The number of fused-ring (bicyclic) bond motifs is 1. The summed E-state index contributed by atoms with van der Waals surface area (Å²) in [4.78, 5) is 51.1. The normalized spacial score (nSPS) is 19.7. The van der Waals surface area contributed by atoms with E-state index in [4.69, 9.17) is 17.3 Å². The highest BCUT2D eigenvalue weighted by Crippen LogP contribution is 2.45. The van der Waals surface area contributed by atoms with Crippen molar-refractivity contribution in [3.05, 3.63) is 34.7 Å². The molecule has 3 rings (SSSR count). The number of hydrogen-bond acceptors (Lipinski definition) is 7. The molecule has 0 unspecified atom stereocenters.